The summed E-state index contributed by atoms with van der Waals surface area (Å²) >= 11 is 0. The molecule has 0 aromatic rings. The van der Waals surface area contributed by atoms with E-state index in [1.54, 1.807) is 20.8 Å². The van der Waals surface area contributed by atoms with Crippen LogP contribution in [0.25, 0.3) is 0 Å². The van der Waals surface area contributed by atoms with E-state index in [-0.39, 0.29) is 32.5 Å². The van der Waals surface area contributed by atoms with Crippen molar-refractivity contribution in [2.45, 2.75) is 50.9 Å². The summed E-state index contributed by atoms with van der Waals surface area (Å²) in [5, 5.41) is 0. The van der Waals surface area contributed by atoms with Crippen LogP contribution in [0.4, 0.5) is 18.0 Å². The predicted octanol–water partition coefficient (Wildman–Crippen LogP) is 1.74. The van der Waals surface area contributed by atoms with Crippen molar-refractivity contribution in [3.63, 3.8) is 0 Å². The standard InChI is InChI=1S/C14H24F3N3O3/c1-12(2,3)23-11(22)20-7-5-13(9-18,6-8-20)19(4)10(21)14(15,16)17/h5-9,18H2,1-4H3. The Hall–Kier alpha value is -1.51. The molecule has 0 atom stereocenters. The lowest BCUT2D eigenvalue weighted by Crippen LogP contribution is -2.62. The molecule has 0 bridgehead atoms. The van der Waals surface area contributed by atoms with Crippen LogP contribution in [0, 0.1) is 0 Å². The van der Waals surface area contributed by atoms with E-state index in [1.807, 2.05) is 0 Å². The van der Waals surface area contributed by atoms with Crippen molar-refractivity contribution in [2.75, 3.05) is 26.7 Å². The zero-order valence-electron chi connectivity index (χ0n) is 13.9. The van der Waals surface area contributed by atoms with E-state index in [4.69, 9.17) is 10.5 Å². The SMILES string of the molecule is CN(C(=O)C(F)(F)F)C1(CN)CCN(C(=O)OC(C)(C)C)CC1. The van der Waals surface area contributed by atoms with Gasteiger partial charge in [0.1, 0.15) is 5.60 Å². The number of carbonyl (C=O) groups excluding carboxylic acids is 2. The number of alkyl halides is 3. The van der Waals surface area contributed by atoms with Gasteiger partial charge in [0.05, 0.1) is 5.54 Å². The summed E-state index contributed by atoms with van der Waals surface area (Å²) in [4.78, 5) is 25.5. The van der Waals surface area contributed by atoms with Gasteiger partial charge in [-0.05, 0) is 33.6 Å². The second-order valence-corrected chi connectivity index (χ2v) is 6.76. The number of hydrogen-bond donors (Lipinski definition) is 1. The number of rotatable bonds is 2. The molecule has 1 heterocycles. The van der Waals surface area contributed by atoms with E-state index < -0.39 is 29.3 Å². The first kappa shape index (κ1) is 19.5. The number of ether oxygens (including phenoxy) is 1. The molecule has 0 radical (unpaired) electrons. The summed E-state index contributed by atoms with van der Waals surface area (Å²) in [7, 11) is 1.10. The molecular formula is C14H24F3N3O3. The number of amides is 2. The van der Waals surface area contributed by atoms with Crippen LogP contribution in [0.3, 0.4) is 0 Å². The summed E-state index contributed by atoms with van der Waals surface area (Å²) in [6.45, 7) is 5.45. The van der Waals surface area contributed by atoms with E-state index in [2.05, 4.69) is 0 Å². The van der Waals surface area contributed by atoms with E-state index in [1.165, 1.54) is 4.90 Å². The zero-order valence-corrected chi connectivity index (χ0v) is 13.9. The fourth-order valence-electron chi connectivity index (χ4n) is 2.51. The van der Waals surface area contributed by atoms with Gasteiger partial charge >= 0.3 is 18.2 Å². The normalized spacial score (nSPS) is 18.5. The highest BCUT2D eigenvalue weighted by Gasteiger charge is 2.49. The highest BCUT2D eigenvalue weighted by atomic mass is 19.4. The van der Waals surface area contributed by atoms with Crippen LogP contribution in [-0.2, 0) is 9.53 Å². The molecule has 0 aromatic carbocycles. The Kier molecular flexibility index (Phi) is 5.56. The maximum atomic E-state index is 12.6. The fourth-order valence-corrected chi connectivity index (χ4v) is 2.51. The summed E-state index contributed by atoms with van der Waals surface area (Å²) in [5.74, 6) is -1.92. The van der Waals surface area contributed by atoms with Crippen LogP contribution in [0.1, 0.15) is 33.6 Å². The molecule has 6 nitrogen and oxygen atoms in total. The van der Waals surface area contributed by atoms with Crippen molar-refractivity contribution >= 4 is 12.0 Å². The van der Waals surface area contributed by atoms with Gasteiger partial charge in [-0.1, -0.05) is 0 Å². The van der Waals surface area contributed by atoms with Crippen LogP contribution in [0.5, 0.6) is 0 Å². The van der Waals surface area contributed by atoms with Crippen molar-refractivity contribution in [1.29, 1.82) is 0 Å². The van der Waals surface area contributed by atoms with Gasteiger partial charge in [-0.15, -0.1) is 0 Å². The lowest BCUT2D eigenvalue weighted by molar-refractivity contribution is -0.191. The van der Waals surface area contributed by atoms with Crippen molar-refractivity contribution in [1.82, 2.24) is 9.80 Å². The van der Waals surface area contributed by atoms with Crippen molar-refractivity contribution in [3.05, 3.63) is 0 Å². The lowest BCUT2D eigenvalue weighted by atomic mass is 9.86. The monoisotopic (exact) mass is 339 g/mol. The van der Waals surface area contributed by atoms with Gasteiger partial charge in [-0.25, -0.2) is 4.79 Å². The van der Waals surface area contributed by atoms with Gasteiger partial charge < -0.3 is 20.3 Å². The Bertz CT molecular complexity index is 452. The molecule has 0 unspecified atom stereocenters. The fraction of sp³-hybridized carbons (Fsp3) is 0.857. The van der Waals surface area contributed by atoms with Crippen LogP contribution >= 0.6 is 0 Å². The second kappa shape index (κ2) is 6.54. The molecule has 0 aromatic heterocycles. The third-order valence-electron chi connectivity index (χ3n) is 3.98. The topological polar surface area (TPSA) is 75.9 Å². The maximum absolute atomic E-state index is 12.6. The van der Waals surface area contributed by atoms with E-state index in [0.717, 1.165) is 7.05 Å². The third kappa shape index (κ3) is 4.73. The molecule has 23 heavy (non-hydrogen) atoms. The number of halogens is 3. The molecule has 1 saturated heterocycles. The van der Waals surface area contributed by atoms with Gasteiger partial charge in [-0.2, -0.15) is 13.2 Å². The number of nitrogens with two attached hydrogens (primary N) is 1. The summed E-state index contributed by atoms with van der Waals surface area (Å²) in [5.41, 5.74) is 3.89. The first-order valence-corrected chi connectivity index (χ1v) is 7.35. The number of likely N-dealkylation sites (N-methyl/N-ethyl adjacent to an activating group) is 1. The van der Waals surface area contributed by atoms with Crippen molar-refractivity contribution < 1.29 is 27.5 Å². The summed E-state index contributed by atoms with van der Waals surface area (Å²) in [6, 6.07) is 0. The van der Waals surface area contributed by atoms with Gasteiger partial charge in [-0.3, -0.25) is 4.79 Å². The smallest absolute Gasteiger partial charge is 0.444 e. The number of likely N-dealkylation sites (tertiary alicyclic amines) is 1. The Morgan fingerprint density at radius 3 is 2.04 bits per heavy atom. The minimum absolute atomic E-state index is 0.104. The van der Waals surface area contributed by atoms with Gasteiger partial charge in [0.25, 0.3) is 0 Å². The average Bonchev–Trinajstić information content (AvgIpc) is 2.43. The number of piperidine rings is 1. The number of carbonyl (C=O) groups is 2. The minimum Gasteiger partial charge on any atom is -0.444 e. The number of hydrogen-bond acceptors (Lipinski definition) is 4. The Morgan fingerprint density at radius 2 is 1.70 bits per heavy atom. The third-order valence-corrected chi connectivity index (χ3v) is 3.98. The Labute approximate surface area is 133 Å². The molecular weight excluding hydrogens is 315 g/mol. The molecule has 1 aliphatic heterocycles. The largest absolute Gasteiger partial charge is 0.471 e. The van der Waals surface area contributed by atoms with E-state index >= 15 is 0 Å². The highest BCUT2D eigenvalue weighted by molar-refractivity contribution is 5.82. The maximum Gasteiger partial charge on any atom is 0.471 e. The average molecular weight is 339 g/mol. The first-order chi connectivity index (χ1) is 10.3. The summed E-state index contributed by atoms with van der Waals surface area (Å²) in [6.07, 6.45) is -5.13. The molecule has 0 saturated carbocycles. The van der Waals surface area contributed by atoms with Crippen LogP contribution < -0.4 is 5.73 Å². The minimum atomic E-state index is -4.95. The lowest BCUT2D eigenvalue weighted by Gasteiger charge is -2.46. The number of nitrogens with zero attached hydrogens (tertiary/aromatic N) is 2. The van der Waals surface area contributed by atoms with Gasteiger partial charge in [0.15, 0.2) is 0 Å². The van der Waals surface area contributed by atoms with Crippen molar-refractivity contribution in [2.24, 2.45) is 5.73 Å². The molecule has 1 rings (SSSR count). The predicted molar refractivity (Wildman–Crippen MR) is 77.7 cm³/mol. The zero-order chi connectivity index (χ0) is 18.1. The molecule has 0 spiro atoms. The Balaban J connectivity index is 2.77. The van der Waals surface area contributed by atoms with Crippen molar-refractivity contribution in [3.8, 4) is 0 Å². The Morgan fingerprint density at radius 1 is 1.22 bits per heavy atom. The molecule has 1 fully saturated rings. The molecule has 1 aliphatic rings. The summed E-state index contributed by atoms with van der Waals surface area (Å²) < 4.78 is 43.1. The highest BCUT2D eigenvalue weighted by Crippen LogP contribution is 2.31. The molecule has 9 heteroatoms. The van der Waals surface area contributed by atoms with E-state index in [9.17, 15) is 22.8 Å². The van der Waals surface area contributed by atoms with Gasteiger partial charge in [0.2, 0.25) is 0 Å². The van der Waals surface area contributed by atoms with Crippen LogP contribution in [0.15, 0.2) is 0 Å². The van der Waals surface area contributed by atoms with Crippen LogP contribution in [-0.4, -0.2) is 65.8 Å². The molecule has 134 valence electrons. The van der Waals surface area contributed by atoms with Gasteiger partial charge in [0, 0.05) is 26.7 Å². The molecule has 2 amide bonds. The molecule has 0 aliphatic carbocycles. The molecule has 2 N–H and O–H groups in total. The van der Waals surface area contributed by atoms with E-state index in [0.29, 0.717) is 4.90 Å². The second-order valence-electron chi connectivity index (χ2n) is 6.76. The quantitative estimate of drug-likeness (QED) is 0.831. The van der Waals surface area contributed by atoms with Crippen LogP contribution in [0.2, 0.25) is 0 Å². The first-order valence-electron chi connectivity index (χ1n) is 7.35.